The van der Waals surface area contributed by atoms with Crippen molar-refractivity contribution in [2.24, 2.45) is 0 Å². The molecule has 2 N–H and O–H groups in total. The SMILES string of the molecule is CNCc1cc(F)c(-c2cc3c(-c4ccc(N5CCN(C)CC5)cc4)n[nH]c3cn2)c(C(F)(F)F)c1. The molecule has 1 aliphatic rings. The van der Waals surface area contributed by atoms with Gasteiger partial charge >= 0.3 is 6.18 Å². The molecule has 0 aliphatic carbocycles. The van der Waals surface area contributed by atoms with Gasteiger partial charge in [0.15, 0.2) is 0 Å². The Morgan fingerprint density at radius 3 is 2.42 bits per heavy atom. The maximum atomic E-state index is 15.0. The van der Waals surface area contributed by atoms with E-state index in [1.807, 2.05) is 24.3 Å². The van der Waals surface area contributed by atoms with Gasteiger partial charge in [0, 0.05) is 54.9 Å². The number of halogens is 4. The fraction of sp³-hybridized carbons (Fsp3) is 0.308. The van der Waals surface area contributed by atoms with Crippen LogP contribution in [0.3, 0.4) is 0 Å². The summed E-state index contributed by atoms with van der Waals surface area (Å²) in [5, 5.41) is 10.6. The summed E-state index contributed by atoms with van der Waals surface area (Å²) in [7, 11) is 3.69. The predicted molar refractivity (Wildman–Crippen MR) is 132 cm³/mol. The lowest BCUT2D eigenvalue weighted by Crippen LogP contribution is -2.44. The maximum absolute atomic E-state index is 15.0. The number of anilines is 1. The molecule has 0 amide bonds. The molecule has 0 radical (unpaired) electrons. The van der Waals surface area contributed by atoms with Gasteiger partial charge in [-0.15, -0.1) is 0 Å². The first kappa shape index (κ1) is 24.2. The van der Waals surface area contributed by atoms with Crippen LogP contribution < -0.4 is 10.2 Å². The van der Waals surface area contributed by atoms with Crippen LogP contribution in [0.15, 0.2) is 48.7 Å². The van der Waals surface area contributed by atoms with Gasteiger partial charge in [-0.05, 0) is 50.0 Å². The van der Waals surface area contributed by atoms with E-state index in [2.05, 4.69) is 37.3 Å². The van der Waals surface area contributed by atoms with Crippen molar-refractivity contribution in [3.05, 3.63) is 65.6 Å². The van der Waals surface area contributed by atoms with Crippen LogP contribution in [0.25, 0.3) is 33.4 Å². The van der Waals surface area contributed by atoms with Crippen molar-refractivity contribution in [1.29, 1.82) is 0 Å². The number of nitrogens with zero attached hydrogens (tertiary/aromatic N) is 4. The number of hydrogen-bond donors (Lipinski definition) is 2. The highest BCUT2D eigenvalue weighted by Gasteiger charge is 2.36. The monoisotopic (exact) mass is 498 g/mol. The lowest BCUT2D eigenvalue weighted by atomic mass is 9.98. The van der Waals surface area contributed by atoms with Crippen LogP contribution in [0.2, 0.25) is 0 Å². The first-order valence-corrected chi connectivity index (χ1v) is 11.7. The minimum Gasteiger partial charge on any atom is -0.369 e. The molecule has 3 heterocycles. The Labute approximate surface area is 205 Å². The number of fused-ring (bicyclic) bond motifs is 1. The Balaban J connectivity index is 1.54. The average molecular weight is 499 g/mol. The molecule has 0 bridgehead atoms. The quantitative estimate of drug-likeness (QED) is 0.383. The van der Waals surface area contributed by atoms with Crippen LogP contribution in [0.1, 0.15) is 11.1 Å². The zero-order valence-electron chi connectivity index (χ0n) is 20.0. The largest absolute Gasteiger partial charge is 0.417 e. The van der Waals surface area contributed by atoms with E-state index in [4.69, 9.17) is 0 Å². The second-order valence-electron chi connectivity index (χ2n) is 9.05. The van der Waals surface area contributed by atoms with Crippen LogP contribution in [-0.4, -0.2) is 60.4 Å². The number of nitrogens with one attached hydrogen (secondary N) is 2. The minimum absolute atomic E-state index is 0.0972. The normalized spacial score (nSPS) is 15.1. The zero-order chi connectivity index (χ0) is 25.4. The van der Waals surface area contributed by atoms with Gasteiger partial charge in [0.1, 0.15) is 11.5 Å². The van der Waals surface area contributed by atoms with E-state index < -0.39 is 23.1 Å². The summed E-state index contributed by atoms with van der Waals surface area (Å²) in [5.74, 6) is -0.969. The average Bonchev–Trinajstić information content (AvgIpc) is 3.27. The molecular formula is C26H26F4N6. The number of pyridine rings is 1. The van der Waals surface area contributed by atoms with Gasteiger partial charge in [-0.1, -0.05) is 12.1 Å². The fourth-order valence-electron chi connectivity index (χ4n) is 4.62. The Morgan fingerprint density at radius 2 is 1.75 bits per heavy atom. The highest BCUT2D eigenvalue weighted by Crippen LogP contribution is 2.40. The summed E-state index contributed by atoms with van der Waals surface area (Å²) in [6, 6.07) is 11.5. The van der Waals surface area contributed by atoms with Crippen molar-refractivity contribution >= 4 is 16.6 Å². The molecule has 0 unspecified atom stereocenters. The molecule has 6 nitrogen and oxygen atoms in total. The van der Waals surface area contributed by atoms with E-state index in [-0.39, 0.29) is 17.8 Å². The highest BCUT2D eigenvalue weighted by atomic mass is 19.4. The second kappa shape index (κ2) is 9.51. The Hall–Kier alpha value is -3.50. The van der Waals surface area contributed by atoms with Gasteiger partial charge in [0.2, 0.25) is 0 Å². The van der Waals surface area contributed by atoms with E-state index in [1.54, 1.807) is 7.05 Å². The highest BCUT2D eigenvalue weighted by molar-refractivity contribution is 5.95. The Kier molecular flexibility index (Phi) is 6.40. The van der Waals surface area contributed by atoms with Gasteiger partial charge in [-0.25, -0.2) is 4.39 Å². The van der Waals surface area contributed by atoms with Crippen molar-refractivity contribution in [1.82, 2.24) is 25.4 Å². The van der Waals surface area contributed by atoms with Gasteiger partial charge in [-0.2, -0.15) is 18.3 Å². The molecule has 1 saturated heterocycles. The van der Waals surface area contributed by atoms with E-state index in [0.717, 1.165) is 49.6 Å². The molecule has 0 saturated carbocycles. The van der Waals surface area contributed by atoms with Gasteiger partial charge in [0.25, 0.3) is 0 Å². The van der Waals surface area contributed by atoms with E-state index in [9.17, 15) is 13.2 Å². The molecule has 36 heavy (non-hydrogen) atoms. The number of alkyl halides is 3. The number of benzene rings is 2. The van der Waals surface area contributed by atoms with Gasteiger partial charge in [-0.3, -0.25) is 10.1 Å². The smallest absolute Gasteiger partial charge is 0.369 e. The summed E-state index contributed by atoms with van der Waals surface area (Å²) in [4.78, 5) is 8.74. The minimum atomic E-state index is -4.74. The third-order valence-electron chi connectivity index (χ3n) is 6.55. The molecule has 2 aromatic heterocycles. The molecule has 1 aliphatic heterocycles. The van der Waals surface area contributed by atoms with Crippen LogP contribution in [0.4, 0.5) is 23.2 Å². The topological polar surface area (TPSA) is 60.1 Å². The summed E-state index contributed by atoms with van der Waals surface area (Å²) in [6.45, 7) is 3.98. The molecule has 10 heteroatoms. The number of hydrogen-bond acceptors (Lipinski definition) is 5. The summed E-state index contributed by atoms with van der Waals surface area (Å²) >= 11 is 0. The maximum Gasteiger partial charge on any atom is 0.417 e. The van der Waals surface area contributed by atoms with Crippen molar-refractivity contribution in [3.8, 4) is 22.5 Å². The van der Waals surface area contributed by atoms with Crippen molar-refractivity contribution < 1.29 is 17.6 Å². The molecule has 2 aromatic carbocycles. The summed E-state index contributed by atoms with van der Waals surface area (Å²) in [6.07, 6.45) is -3.35. The second-order valence-corrected chi connectivity index (χ2v) is 9.05. The summed E-state index contributed by atoms with van der Waals surface area (Å²) < 4.78 is 56.8. The van der Waals surface area contributed by atoms with Crippen LogP contribution in [0, 0.1) is 5.82 Å². The first-order valence-electron chi connectivity index (χ1n) is 11.7. The van der Waals surface area contributed by atoms with Crippen molar-refractivity contribution in [2.45, 2.75) is 12.7 Å². The molecular weight excluding hydrogens is 472 g/mol. The lowest BCUT2D eigenvalue weighted by Gasteiger charge is -2.34. The standard InChI is InChI=1S/C26H26F4N6/c1-31-14-16-11-20(26(28,29)30)24(21(27)12-16)22-13-19-23(15-32-22)33-34-25(19)17-3-5-18(6-4-17)36-9-7-35(2)8-10-36/h3-6,11-13,15,31H,7-10,14H2,1-2H3,(H,33,34). The molecule has 0 spiro atoms. The molecule has 1 fully saturated rings. The van der Waals surface area contributed by atoms with Gasteiger partial charge in [0.05, 0.1) is 23.0 Å². The number of likely N-dealkylation sites (N-methyl/N-ethyl adjacent to an activating group) is 1. The molecule has 188 valence electrons. The first-order chi connectivity index (χ1) is 17.2. The molecule has 5 rings (SSSR count). The number of H-pyrrole nitrogens is 1. The Bertz CT molecular complexity index is 1370. The summed E-state index contributed by atoms with van der Waals surface area (Å²) in [5.41, 5.74) is 1.52. The zero-order valence-corrected chi connectivity index (χ0v) is 20.0. The molecule has 0 atom stereocenters. The van der Waals surface area contributed by atoms with Crippen LogP contribution >= 0.6 is 0 Å². The number of rotatable bonds is 5. The predicted octanol–water partition coefficient (Wildman–Crippen LogP) is 4.92. The number of piperazine rings is 1. The third kappa shape index (κ3) is 4.66. The van der Waals surface area contributed by atoms with E-state index >= 15 is 4.39 Å². The van der Waals surface area contributed by atoms with Crippen molar-refractivity contribution in [3.63, 3.8) is 0 Å². The van der Waals surface area contributed by atoms with Crippen LogP contribution in [-0.2, 0) is 12.7 Å². The van der Waals surface area contributed by atoms with Crippen LogP contribution in [0.5, 0.6) is 0 Å². The fourth-order valence-corrected chi connectivity index (χ4v) is 4.62. The lowest BCUT2D eigenvalue weighted by molar-refractivity contribution is -0.137. The third-order valence-corrected chi connectivity index (χ3v) is 6.55. The van der Waals surface area contributed by atoms with E-state index in [0.29, 0.717) is 16.6 Å². The van der Waals surface area contributed by atoms with Crippen molar-refractivity contribution in [2.75, 3.05) is 45.2 Å². The van der Waals surface area contributed by atoms with E-state index in [1.165, 1.54) is 12.3 Å². The van der Waals surface area contributed by atoms with Gasteiger partial charge < -0.3 is 15.1 Å². The Morgan fingerprint density at radius 1 is 1.03 bits per heavy atom. The number of aromatic nitrogens is 3. The number of aromatic amines is 1. The molecule has 4 aromatic rings.